The number of thiazole rings is 1. The van der Waals surface area contributed by atoms with Crippen LogP contribution < -0.4 is 4.90 Å². The van der Waals surface area contributed by atoms with Gasteiger partial charge in [-0.15, -0.1) is 0 Å². The number of pyridine rings is 1. The highest BCUT2D eigenvalue weighted by Gasteiger charge is 2.32. The largest absolute Gasteiger partial charge is 0.279 e. The van der Waals surface area contributed by atoms with E-state index in [0.29, 0.717) is 42.2 Å². The molecule has 0 spiro atoms. The van der Waals surface area contributed by atoms with E-state index in [2.05, 4.69) is 31.0 Å². The number of nitrogens with zero attached hydrogens (tertiary/aromatic N) is 4. The van der Waals surface area contributed by atoms with E-state index in [9.17, 15) is 13.2 Å². The lowest BCUT2D eigenvalue weighted by Crippen LogP contribution is -2.42. The van der Waals surface area contributed by atoms with Crippen LogP contribution in [-0.4, -0.2) is 41.7 Å². The molecule has 198 valence electrons. The van der Waals surface area contributed by atoms with Gasteiger partial charge in [-0.25, -0.2) is 13.4 Å². The molecular formula is C29H32N4O3S2. The number of carbonyl (C=O) groups is 1. The van der Waals surface area contributed by atoms with Crippen LogP contribution in [0.15, 0.2) is 65.8 Å². The summed E-state index contributed by atoms with van der Waals surface area (Å²) in [6.07, 6.45) is 4.46. The molecule has 0 radical (unpaired) electrons. The van der Waals surface area contributed by atoms with Gasteiger partial charge in [-0.2, -0.15) is 4.31 Å². The van der Waals surface area contributed by atoms with E-state index in [1.807, 2.05) is 26.0 Å². The first-order chi connectivity index (χ1) is 18.1. The van der Waals surface area contributed by atoms with Gasteiger partial charge in [-0.05, 0) is 85.2 Å². The smallest absolute Gasteiger partial charge is 0.260 e. The Hall–Kier alpha value is -3.14. The highest BCUT2D eigenvalue weighted by atomic mass is 32.2. The Labute approximate surface area is 228 Å². The summed E-state index contributed by atoms with van der Waals surface area (Å²) >= 11 is 1.47. The highest BCUT2D eigenvalue weighted by molar-refractivity contribution is 7.89. The van der Waals surface area contributed by atoms with Crippen LogP contribution in [0.4, 0.5) is 5.13 Å². The van der Waals surface area contributed by atoms with Crippen LogP contribution in [0.5, 0.6) is 0 Å². The molecule has 2 unspecified atom stereocenters. The second-order valence-electron chi connectivity index (χ2n) is 10.5. The predicted molar refractivity (Wildman–Crippen MR) is 152 cm³/mol. The zero-order valence-electron chi connectivity index (χ0n) is 22.1. The molecule has 0 saturated carbocycles. The van der Waals surface area contributed by atoms with Gasteiger partial charge >= 0.3 is 0 Å². The van der Waals surface area contributed by atoms with Gasteiger partial charge in [0, 0.05) is 31.0 Å². The molecule has 4 aromatic rings. The Balaban J connectivity index is 1.47. The van der Waals surface area contributed by atoms with E-state index in [1.165, 1.54) is 11.3 Å². The lowest BCUT2D eigenvalue weighted by molar-refractivity contribution is 0.0985. The number of rotatable bonds is 6. The van der Waals surface area contributed by atoms with Gasteiger partial charge in [0.25, 0.3) is 5.91 Å². The van der Waals surface area contributed by atoms with Crippen molar-refractivity contribution in [1.82, 2.24) is 14.3 Å². The minimum atomic E-state index is -3.63. The second-order valence-corrected chi connectivity index (χ2v) is 13.4. The number of aromatic nitrogens is 2. The molecule has 1 amide bonds. The minimum Gasteiger partial charge on any atom is -0.279 e. The van der Waals surface area contributed by atoms with Gasteiger partial charge < -0.3 is 0 Å². The lowest BCUT2D eigenvalue weighted by atomic mass is 9.94. The van der Waals surface area contributed by atoms with Gasteiger partial charge in [0.15, 0.2) is 5.13 Å². The standard InChI is InChI=1S/C29H32N4O3S2/c1-19-13-22(4)27-26(14-19)37-29(31-27)33(18-23-6-5-11-30-15-23)28(34)24-7-9-25(10-8-24)38(35,36)32-16-20(2)12-21(3)17-32/h5-11,13-15,20-21H,12,16-18H2,1-4H3. The summed E-state index contributed by atoms with van der Waals surface area (Å²) in [7, 11) is -3.63. The topological polar surface area (TPSA) is 83.5 Å². The van der Waals surface area contributed by atoms with Crippen molar-refractivity contribution in [3.8, 4) is 0 Å². The van der Waals surface area contributed by atoms with E-state index < -0.39 is 10.0 Å². The van der Waals surface area contributed by atoms with Crippen LogP contribution in [0.25, 0.3) is 10.2 Å². The average molecular weight is 549 g/mol. The van der Waals surface area contributed by atoms with Crippen LogP contribution in [0.1, 0.15) is 47.3 Å². The third kappa shape index (κ3) is 5.36. The molecule has 3 heterocycles. The number of hydrogen-bond donors (Lipinski definition) is 0. The number of benzene rings is 2. The molecule has 38 heavy (non-hydrogen) atoms. The first-order valence-corrected chi connectivity index (χ1v) is 15.1. The number of aryl methyl sites for hydroxylation is 2. The quantitative estimate of drug-likeness (QED) is 0.303. The highest BCUT2D eigenvalue weighted by Crippen LogP contribution is 2.33. The molecule has 2 aromatic carbocycles. The third-order valence-electron chi connectivity index (χ3n) is 6.93. The van der Waals surface area contributed by atoms with Crippen molar-refractivity contribution >= 4 is 42.6 Å². The van der Waals surface area contributed by atoms with Crippen molar-refractivity contribution in [3.05, 3.63) is 83.2 Å². The molecule has 1 aliphatic heterocycles. The van der Waals surface area contributed by atoms with E-state index in [4.69, 9.17) is 4.98 Å². The minimum absolute atomic E-state index is 0.209. The van der Waals surface area contributed by atoms with E-state index >= 15 is 0 Å². The zero-order chi connectivity index (χ0) is 27.0. The number of hydrogen-bond acceptors (Lipinski definition) is 6. The Bertz CT molecular complexity index is 1560. The van der Waals surface area contributed by atoms with E-state index in [1.54, 1.807) is 45.9 Å². The van der Waals surface area contributed by atoms with Gasteiger partial charge in [-0.3, -0.25) is 14.7 Å². The first-order valence-electron chi connectivity index (χ1n) is 12.8. The van der Waals surface area contributed by atoms with Crippen molar-refractivity contribution in [3.63, 3.8) is 0 Å². The Morgan fingerprint density at radius 1 is 1.08 bits per heavy atom. The normalized spacial score (nSPS) is 18.5. The molecular weight excluding hydrogens is 516 g/mol. The summed E-state index contributed by atoms with van der Waals surface area (Å²) in [4.78, 5) is 24.7. The molecule has 0 aliphatic carbocycles. The Kier molecular flexibility index (Phi) is 7.35. The predicted octanol–water partition coefficient (Wildman–Crippen LogP) is 5.82. The molecule has 7 nitrogen and oxygen atoms in total. The number of anilines is 1. The Morgan fingerprint density at radius 2 is 1.79 bits per heavy atom. The average Bonchev–Trinajstić information content (AvgIpc) is 3.31. The molecule has 0 bridgehead atoms. The summed E-state index contributed by atoms with van der Waals surface area (Å²) in [5.74, 6) is 0.389. The van der Waals surface area contributed by atoms with Crippen molar-refractivity contribution in [2.45, 2.75) is 45.6 Å². The summed E-state index contributed by atoms with van der Waals surface area (Å²) in [5, 5.41) is 0.593. The lowest BCUT2D eigenvalue weighted by Gasteiger charge is -2.34. The zero-order valence-corrected chi connectivity index (χ0v) is 23.7. The van der Waals surface area contributed by atoms with Crippen molar-refractivity contribution in [2.24, 2.45) is 11.8 Å². The fourth-order valence-electron chi connectivity index (χ4n) is 5.25. The fourth-order valence-corrected chi connectivity index (χ4v) is 8.07. The SMILES string of the molecule is Cc1cc(C)c2nc(N(Cc3cccnc3)C(=O)c3ccc(S(=O)(=O)N4CC(C)CC(C)C4)cc3)sc2c1. The molecule has 1 saturated heterocycles. The molecule has 2 aromatic heterocycles. The van der Waals surface area contributed by atoms with E-state index in [0.717, 1.165) is 33.3 Å². The van der Waals surface area contributed by atoms with Gasteiger partial charge in [0.1, 0.15) is 0 Å². The van der Waals surface area contributed by atoms with Gasteiger partial charge in [0.2, 0.25) is 10.0 Å². The molecule has 0 N–H and O–H groups in total. The van der Waals surface area contributed by atoms with Gasteiger partial charge in [-0.1, -0.05) is 37.3 Å². The number of fused-ring (bicyclic) bond motifs is 1. The Morgan fingerprint density at radius 3 is 2.45 bits per heavy atom. The number of sulfonamides is 1. The molecule has 2 atom stereocenters. The van der Waals surface area contributed by atoms with Crippen LogP contribution in [-0.2, 0) is 16.6 Å². The summed E-state index contributed by atoms with van der Waals surface area (Å²) in [5.41, 5.74) is 4.36. The maximum Gasteiger partial charge on any atom is 0.260 e. The molecule has 1 fully saturated rings. The number of amides is 1. The third-order valence-corrected chi connectivity index (χ3v) is 9.80. The van der Waals surface area contributed by atoms with Crippen molar-refractivity contribution < 1.29 is 13.2 Å². The number of carbonyl (C=O) groups excluding carboxylic acids is 1. The monoisotopic (exact) mass is 548 g/mol. The van der Waals surface area contributed by atoms with Crippen LogP contribution in [0.3, 0.4) is 0 Å². The molecule has 5 rings (SSSR count). The maximum absolute atomic E-state index is 13.8. The second kappa shape index (κ2) is 10.6. The summed E-state index contributed by atoms with van der Waals surface area (Å²) < 4.78 is 29.3. The van der Waals surface area contributed by atoms with Crippen LogP contribution >= 0.6 is 11.3 Å². The van der Waals surface area contributed by atoms with E-state index in [-0.39, 0.29) is 10.8 Å². The molecule has 9 heteroatoms. The first kappa shape index (κ1) is 26.5. The van der Waals surface area contributed by atoms with Crippen LogP contribution in [0, 0.1) is 25.7 Å². The summed E-state index contributed by atoms with van der Waals surface area (Å²) in [6, 6.07) is 14.2. The van der Waals surface area contributed by atoms with Gasteiger partial charge in [0.05, 0.1) is 21.7 Å². The van der Waals surface area contributed by atoms with Crippen LogP contribution in [0.2, 0.25) is 0 Å². The van der Waals surface area contributed by atoms with Crippen molar-refractivity contribution in [1.29, 1.82) is 0 Å². The maximum atomic E-state index is 13.8. The fraction of sp³-hybridized carbons (Fsp3) is 0.345. The number of piperidine rings is 1. The summed E-state index contributed by atoms with van der Waals surface area (Å²) in [6.45, 7) is 9.57. The molecule has 1 aliphatic rings. The van der Waals surface area contributed by atoms with Crippen molar-refractivity contribution in [2.75, 3.05) is 18.0 Å².